The van der Waals surface area contributed by atoms with Crippen LogP contribution in [0.25, 0.3) is 16.3 Å². The first-order chi connectivity index (χ1) is 13.0. The van der Waals surface area contributed by atoms with Crippen molar-refractivity contribution in [3.05, 3.63) is 63.7 Å². The molecule has 0 unspecified atom stereocenters. The number of carbonyl (C=O) groups excluding carboxylic acids is 1. The van der Waals surface area contributed by atoms with E-state index >= 15 is 0 Å². The van der Waals surface area contributed by atoms with Gasteiger partial charge in [-0.3, -0.25) is 20.2 Å². The van der Waals surface area contributed by atoms with E-state index in [1.54, 1.807) is 24.3 Å². The first-order valence-corrected chi connectivity index (χ1v) is 8.44. The van der Waals surface area contributed by atoms with Crippen LogP contribution >= 0.6 is 11.3 Å². The molecule has 0 spiro atoms. The number of aromatic nitrogens is 1. The largest absolute Gasteiger partial charge is 0.496 e. The van der Waals surface area contributed by atoms with Crippen LogP contribution in [0.15, 0.2) is 48.0 Å². The zero-order valence-electron chi connectivity index (χ0n) is 14.0. The molecule has 1 heterocycles. The van der Waals surface area contributed by atoms with Crippen molar-refractivity contribution >= 4 is 44.4 Å². The van der Waals surface area contributed by atoms with Gasteiger partial charge in [-0.05, 0) is 18.2 Å². The number of para-hydroxylation sites is 1. The summed E-state index contributed by atoms with van der Waals surface area (Å²) in [6.45, 7) is 0. The Bertz CT molecular complexity index is 1110. The Morgan fingerprint density at radius 3 is 2.85 bits per heavy atom. The monoisotopic (exact) mass is 380 g/mol. The molecule has 0 radical (unpaired) electrons. The zero-order valence-corrected chi connectivity index (χ0v) is 14.8. The second-order valence-corrected chi connectivity index (χ2v) is 6.32. The smallest absolute Gasteiger partial charge is 0.270 e. The minimum absolute atomic E-state index is 0.0576. The van der Waals surface area contributed by atoms with Crippen molar-refractivity contribution in [3.8, 4) is 11.8 Å². The number of non-ortho nitro benzene ring substituents is 1. The summed E-state index contributed by atoms with van der Waals surface area (Å²) in [4.78, 5) is 27.0. The van der Waals surface area contributed by atoms with Gasteiger partial charge < -0.3 is 4.74 Å². The van der Waals surface area contributed by atoms with Crippen LogP contribution in [0.3, 0.4) is 0 Å². The van der Waals surface area contributed by atoms with Crippen LogP contribution in [0.1, 0.15) is 5.56 Å². The summed E-state index contributed by atoms with van der Waals surface area (Å²) in [5.41, 5.74) is 0.933. The van der Waals surface area contributed by atoms with E-state index < -0.39 is 10.8 Å². The normalized spacial score (nSPS) is 11.0. The van der Waals surface area contributed by atoms with E-state index in [0.29, 0.717) is 21.5 Å². The molecule has 1 amide bonds. The third kappa shape index (κ3) is 3.91. The van der Waals surface area contributed by atoms with Crippen LogP contribution in [0.4, 0.5) is 10.8 Å². The van der Waals surface area contributed by atoms with E-state index in [-0.39, 0.29) is 16.4 Å². The maximum absolute atomic E-state index is 12.4. The highest BCUT2D eigenvalue weighted by Gasteiger charge is 2.15. The molecule has 1 aromatic heterocycles. The van der Waals surface area contributed by atoms with Crippen LogP contribution < -0.4 is 10.1 Å². The van der Waals surface area contributed by atoms with Gasteiger partial charge in [-0.2, -0.15) is 5.26 Å². The Morgan fingerprint density at radius 1 is 1.37 bits per heavy atom. The number of thiazole rings is 1. The fraction of sp³-hybridized carbons (Fsp3) is 0.0556. The molecular formula is C18H12N4O4S. The minimum Gasteiger partial charge on any atom is -0.496 e. The van der Waals surface area contributed by atoms with Crippen molar-refractivity contribution in [1.82, 2.24) is 4.98 Å². The third-order valence-electron chi connectivity index (χ3n) is 3.61. The lowest BCUT2D eigenvalue weighted by Crippen LogP contribution is -2.13. The molecule has 0 aliphatic carbocycles. The molecule has 0 bridgehead atoms. The number of rotatable bonds is 5. The molecule has 0 aliphatic rings. The van der Waals surface area contributed by atoms with Crippen molar-refractivity contribution in [3.63, 3.8) is 0 Å². The number of ether oxygens (including phenoxy) is 1. The lowest BCUT2D eigenvalue weighted by Gasteiger charge is -2.05. The van der Waals surface area contributed by atoms with Gasteiger partial charge in [0.25, 0.3) is 11.6 Å². The summed E-state index contributed by atoms with van der Waals surface area (Å²) in [6, 6.07) is 13.1. The van der Waals surface area contributed by atoms with Gasteiger partial charge in [-0.25, -0.2) is 4.98 Å². The second-order valence-electron chi connectivity index (χ2n) is 5.29. The fourth-order valence-electron chi connectivity index (χ4n) is 2.33. The number of methoxy groups -OCH3 is 1. The molecule has 134 valence electrons. The molecule has 9 heteroatoms. The molecule has 3 aromatic rings. The molecule has 2 aromatic carbocycles. The van der Waals surface area contributed by atoms with Gasteiger partial charge in [0.15, 0.2) is 5.13 Å². The van der Waals surface area contributed by atoms with Crippen LogP contribution in [-0.2, 0) is 4.79 Å². The molecular weight excluding hydrogens is 368 g/mol. The Balaban J connectivity index is 1.87. The van der Waals surface area contributed by atoms with Crippen molar-refractivity contribution < 1.29 is 14.5 Å². The fourth-order valence-corrected chi connectivity index (χ4v) is 3.23. The van der Waals surface area contributed by atoms with Gasteiger partial charge in [0, 0.05) is 17.7 Å². The van der Waals surface area contributed by atoms with Crippen LogP contribution in [-0.4, -0.2) is 22.9 Å². The molecule has 3 rings (SSSR count). The number of hydrogen-bond acceptors (Lipinski definition) is 7. The molecule has 0 fully saturated rings. The van der Waals surface area contributed by atoms with E-state index in [4.69, 9.17) is 4.74 Å². The predicted octanol–water partition coefficient (Wildman–Crippen LogP) is 3.76. The first kappa shape index (κ1) is 18.0. The van der Waals surface area contributed by atoms with Gasteiger partial charge >= 0.3 is 0 Å². The van der Waals surface area contributed by atoms with Gasteiger partial charge in [0.1, 0.15) is 17.4 Å². The first-order valence-electron chi connectivity index (χ1n) is 7.63. The van der Waals surface area contributed by atoms with Gasteiger partial charge in [-0.15, -0.1) is 0 Å². The van der Waals surface area contributed by atoms with Crippen molar-refractivity contribution in [2.75, 3.05) is 12.4 Å². The highest BCUT2D eigenvalue weighted by molar-refractivity contribution is 7.22. The summed E-state index contributed by atoms with van der Waals surface area (Å²) in [5.74, 6) is -0.0951. The third-order valence-corrected chi connectivity index (χ3v) is 4.54. The van der Waals surface area contributed by atoms with Crippen LogP contribution in [0.5, 0.6) is 5.75 Å². The lowest BCUT2D eigenvalue weighted by molar-refractivity contribution is -0.384. The van der Waals surface area contributed by atoms with Crippen molar-refractivity contribution in [2.24, 2.45) is 0 Å². The molecule has 8 nitrogen and oxygen atoms in total. The standard InChI is InChI=1S/C18H12N4O4S/c1-26-15-5-3-2-4-11(15)8-12(10-19)17(23)21-18-20-14-7-6-13(22(24)25)9-16(14)27-18/h2-9H,1H3,(H,20,21,23)/b12-8+. The molecule has 27 heavy (non-hydrogen) atoms. The summed E-state index contributed by atoms with van der Waals surface area (Å²) in [7, 11) is 1.50. The number of nitriles is 1. The van der Waals surface area contributed by atoms with E-state index in [2.05, 4.69) is 10.3 Å². The molecule has 0 saturated carbocycles. The van der Waals surface area contributed by atoms with Gasteiger partial charge in [-0.1, -0.05) is 29.5 Å². The van der Waals surface area contributed by atoms with E-state index in [1.165, 1.54) is 31.4 Å². The highest BCUT2D eigenvalue weighted by atomic mass is 32.1. The number of carbonyl (C=O) groups is 1. The second kappa shape index (κ2) is 7.63. The van der Waals surface area contributed by atoms with E-state index in [0.717, 1.165) is 11.3 Å². The highest BCUT2D eigenvalue weighted by Crippen LogP contribution is 2.29. The Hall–Kier alpha value is -3.77. The van der Waals surface area contributed by atoms with Gasteiger partial charge in [0.2, 0.25) is 0 Å². The number of amides is 1. The topological polar surface area (TPSA) is 118 Å². The minimum atomic E-state index is -0.628. The number of nitro groups is 1. The molecule has 0 saturated heterocycles. The predicted molar refractivity (Wildman–Crippen MR) is 101 cm³/mol. The average molecular weight is 380 g/mol. The average Bonchev–Trinajstić information content (AvgIpc) is 3.07. The number of nitro benzene ring substituents is 1. The zero-order chi connectivity index (χ0) is 19.4. The SMILES string of the molecule is COc1ccccc1/C=C(\C#N)C(=O)Nc1nc2ccc([N+](=O)[O-])cc2s1. The van der Waals surface area contributed by atoms with E-state index in [9.17, 15) is 20.2 Å². The Kier molecular flexibility index (Phi) is 5.10. The number of fused-ring (bicyclic) bond motifs is 1. The summed E-state index contributed by atoms with van der Waals surface area (Å²) >= 11 is 1.09. The maximum Gasteiger partial charge on any atom is 0.270 e. The molecule has 0 aliphatic heterocycles. The number of nitrogens with zero attached hydrogens (tertiary/aromatic N) is 3. The number of nitrogens with one attached hydrogen (secondary N) is 1. The number of benzene rings is 2. The van der Waals surface area contributed by atoms with Crippen LogP contribution in [0.2, 0.25) is 0 Å². The quantitative estimate of drug-likeness (QED) is 0.312. The number of anilines is 1. The number of hydrogen-bond donors (Lipinski definition) is 1. The van der Waals surface area contributed by atoms with Gasteiger partial charge in [0.05, 0.1) is 22.2 Å². The summed E-state index contributed by atoms with van der Waals surface area (Å²) in [6.07, 6.45) is 1.42. The Morgan fingerprint density at radius 2 is 2.15 bits per heavy atom. The van der Waals surface area contributed by atoms with E-state index in [1.807, 2.05) is 6.07 Å². The molecule has 0 atom stereocenters. The van der Waals surface area contributed by atoms with Crippen molar-refractivity contribution in [1.29, 1.82) is 5.26 Å². The maximum atomic E-state index is 12.4. The Labute approximate surface area is 157 Å². The summed E-state index contributed by atoms with van der Waals surface area (Å²) in [5, 5.41) is 23.0. The summed E-state index contributed by atoms with van der Waals surface area (Å²) < 4.78 is 5.77. The lowest BCUT2D eigenvalue weighted by atomic mass is 10.1. The van der Waals surface area contributed by atoms with Crippen LogP contribution in [0, 0.1) is 21.4 Å². The molecule has 1 N–H and O–H groups in total. The van der Waals surface area contributed by atoms with Crippen molar-refractivity contribution in [2.45, 2.75) is 0 Å².